The van der Waals surface area contributed by atoms with Crippen molar-refractivity contribution < 1.29 is 33.3 Å². The van der Waals surface area contributed by atoms with E-state index in [4.69, 9.17) is 23.7 Å². The minimum Gasteiger partial charge on any atom is -0.489 e. The first-order valence-electron chi connectivity index (χ1n) is 17.1. The summed E-state index contributed by atoms with van der Waals surface area (Å²) in [6.07, 6.45) is -0.190. The quantitative estimate of drug-likeness (QED) is 0.0696. The van der Waals surface area contributed by atoms with Crippen LogP contribution in [0.4, 0.5) is 0 Å². The van der Waals surface area contributed by atoms with E-state index in [9.17, 15) is 9.59 Å². The van der Waals surface area contributed by atoms with Crippen LogP contribution in [0, 0.1) is 0 Å². The number of rotatable bonds is 17. The van der Waals surface area contributed by atoms with E-state index in [0.29, 0.717) is 47.3 Å². The van der Waals surface area contributed by atoms with Gasteiger partial charge < -0.3 is 23.7 Å². The van der Waals surface area contributed by atoms with Crippen LogP contribution in [0.3, 0.4) is 0 Å². The summed E-state index contributed by atoms with van der Waals surface area (Å²) in [6.45, 7) is 1.20. The van der Waals surface area contributed by atoms with Gasteiger partial charge in [-0.25, -0.2) is 0 Å². The van der Waals surface area contributed by atoms with E-state index in [-0.39, 0.29) is 25.4 Å². The summed E-state index contributed by atoms with van der Waals surface area (Å²) in [6, 6.07) is 49.5. The summed E-state index contributed by atoms with van der Waals surface area (Å²) in [7, 11) is 1.31. The molecule has 6 rings (SSSR count). The Balaban J connectivity index is 1.28. The van der Waals surface area contributed by atoms with Crippen molar-refractivity contribution in [3.05, 3.63) is 191 Å². The monoisotopic (exact) mass is 692 g/mol. The van der Waals surface area contributed by atoms with Crippen molar-refractivity contribution >= 4 is 11.8 Å². The van der Waals surface area contributed by atoms with Gasteiger partial charge in [-0.3, -0.25) is 9.59 Å². The molecule has 1 atom stereocenters. The molecule has 6 aromatic carbocycles. The smallest absolute Gasteiger partial charge is 0.313 e. The average Bonchev–Trinajstić information content (AvgIpc) is 3.21. The van der Waals surface area contributed by atoms with E-state index in [1.165, 1.54) is 7.11 Å². The number of hydrogen-bond donors (Lipinski definition) is 0. The largest absolute Gasteiger partial charge is 0.489 e. The van der Waals surface area contributed by atoms with Gasteiger partial charge in [0.25, 0.3) is 0 Å². The van der Waals surface area contributed by atoms with Crippen LogP contribution in [-0.4, -0.2) is 18.9 Å². The molecule has 0 saturated heterocycles. The van der Waals surface area contributed by atoms with E-state index in [1.54, 1.807) is 36.4 Å². The second kappa shape index (κ2) is 18.1. The Kier molecular flexibility index (Phi) is 12.3. The van der Waals surface area contributed by atoms with Crippen LogP contribution in [0.5, 0.6) is 23.0 Å². The fraction of sp³-hybridized carbons (Fsp3) is 0.156. The van der Waals surface area contributed by atoms with Gasteiger partial charge in [-0.2, -0.15) is 0 Å². The van der Waals surface area contributed by atoms with Crippen LogP contribution in [-0.2, 0) is 36.0 Å². The van der Waals surface area contributed by atoms with Crippen molar-refractivity contribution in [2.75, 3.05) is 7.11 Å². The zero-order valence-electron chi connectivity index (χ0n) is 29.0. The van der Waals surface area contributed by atoms with E-state index < -0.39 is 11.9 Å². The molecule has 0 bridgehead atoms. The highest BCUT2D eigenvalue weighted by Crippen LogP contribution is 2.37. The lowest BCUT2D eigenvalue weighted by Gasteiger charge is -2.20. The van der Waals surface area contributed by atoms with Crippen molar-refractivity contribution in [3.63, 3.8) is 0 Å². The minimum atomic E-state index is -0.970. The maximum Gasteiger partial charge on any atom is 0.313 e. The first kappa shape index (κ1) is 35.5. The highest BCUT2D eigenvalue weighted by Gasteiger charge is 2.30. The van der Waals surface area contributed by atoms with E-state index in [2.05, 4.69) is 0 Å². The zero-order valence-corrected chi connectivity index (χ0v) is 29.0. The third kappa shape index (κ3) is 9.88. The van der Waals surface area contributed by atoms with Crippen LogP contribution in [0.15, 0.2) is 158 Å². The summed E-state index contributed by atoms with van der Waals surface area (Å²) >= 11 is 0. The van der Waals surface area contributed by atoms with Gasteiger partial charge in [0, 0.05) is 24.1 Å². The molecule has 7 heteroatoms. The molecule has 0 N–H and O–H groups in total. The predicted octanol–water partition coefficient (Wildman–Crippen LogP) is 9.53. The molecule has 262 valence electrons. The summed E-state index contributed by atoms with van der Waals surface area (Å²) in [5, 5.41) is 0. The summed E-state index contributed by atoms with van der Waals surface area (Å²) in [5.74, 6) is 0.0550. The molecule has 0 amide bonds. The second-order valence-electron chi connectivity index (χ2n) is 12.2. The number of carbonyl (C=O) groups excluding carboxylic acids is 2. The Morgan fingerprint density at radius 1 is 0.481 bits per heavy atom. The van der Waals surface area contributed by atoms with Gasteiger partial charge in [-0.15, -0.1) is 0 Å². The van der Waals surface area contributed by atoms with E-state index in [0.717, 1.165) is 22.3 Å². The SMILES string of the molecule is COC(=O)C(CC(=O)c1ccc(OCc2ccccc2)cc1OCc1ccccc1)c1ccc(OCc2ccccc2)cc1OCc1ccccc1. The van der Waals surface area contributed by atoms with Gasteiger partial charge >= 0.3 is 5.97 Å². The maximum absolute atomic E-state index is 14.2. The summed E-state index contributed by atoms with van der Waals surface area (Å²) < 4.78 is 30.0. The Hall–Kier alpha value is -6.34. The third-order valence-corrected chi connectivity index (χ3v) is 8.46. The maximum atomic E-state index is 14.2. The lowest BCUT2D eigenvalue weighted by Crippen LogP contribution is -2.20. The fourth-order valence-electron chi connectivity index (χ4n) is 5.67. The summed E-state index contributed by atoms with van der Waals surface area (Å²) in [4.78, 5) is 27.7. The van der Waals surface area contributed by atoms with Crippen molar-refractivity contribution in [1.29, 1.82) is 0 Å². The van der Waals surface area contributed by atoms with Gasteiger partial charge in [-0.05, 0) is 40.5 Å². The topological polar surface area (TPSA) is 80.3 Å². The molecule has 52 heavy (non-hydrogen) atoms. The molecule has 1 unspecified atom stereocenters. The number of hydrogen-bond acceptors (Lipinski definition) is 7. The zero-order chi connectivity index (χ0) is 36.0. The molecular weight excluding hydrogens is 652 g/mol. The standard InChI is InChI=1S/C45H40O7/c1-48-45(47)41(39-24-22-37(49-29-33-14-6-2-7-15-33)26-43(39)51-31-35-18-10-4-11-19-35)28-42(46)40-25-23-38(50-30-34-16-8-3-9-17-34)27-44(40)52-32-36-20-12-5-13-21-36/h2-27,41H,28-32H2,1H3. The number of benzene rings is 6. The predicted molar refractivity (Wildman–Crippen MR) is 200 cm³/mol. The molecule has 0 aliphatic heterocycles. The number of carbonyl (C=O) groups is 2. The first-order chi connectivity index (χ1) is 25.6. The Bertz CT molecular complexity index is 2030. The van der Waals surface area contributed by atoms with Crippen molar-refractivity contribution in [2.24, 2.45) is 0 Å². The number of esters is 1. The van der Waals surface area contributed by atoms with Crippen LogP contribution < -0.4 is 18.9 Å². The van der Waals surface area contributed by atoms with Crippen LogP contribution >= 0.6 is 0 Å². The highest BCUT2D eigenvalue weighted by atomic mass is 16.5. The van der Waals surface area contributed by atoms with Gasteiger partial charge in [0.1, 0.15) is 49.4 Å². The van der Waals surface area contributed by atoms with Gasteiger partial charge in [0.05, 0.1) is 18.6 Å². The molecule has 0 aromatic heterocycles. The number of ether oxygens (including phenoxy) is 5. The molecule has 6 aromatic rings. The molecule has 0 aliphatic carbocycles. The molecular formula is C45H40O7. The lowest BCUT2D eigenvalue weighted by molar-refractivity contribution is -0.142. The van der Waals surface area contributed by atoms with E-state index in [1.807, 2.05) is 121 Å². The van der Waals surface area contributed by atoms with Crippen molar-refractivity contribution in [2.45, 2.75) is 38.8 Å². The Morgan fingerprint density at radius 3 is 1.35 bits per heavy atom. The van der Waals surface area contributed by atoms with Gasteiger partial charge in [0.2, 0.25) is 0 Å². The highest BCUT2D eigenvalue weighted by molar-refractivity contribution is 6.01. The van der Waals surface area contributed by atoms with Gasteiger partial charge in [0.15, 0.2) is 5.78 Å². The molecule has 0 radical (unpaired) electrons. The molecule has 0 heterocycles. The van der Waals surface area contributed by atoms with Gasteiger partial charge in [-0.1, -0.05) is 127 Å². The van der Waals surface area contributed by atoms with Crippen molar-refractivity contribution in [1.82, 2.24) is 0 Å². The molecule has 0 spiro atoms. The third-order valence-electron chi connectivity index (χ3n) is 8.46. The Morgan fingerprint density at radius 2 is 0.885 bits per heavy atom. The molecule has 7 nitrogen and oxygen atoms in total. The lowest BCUT2D eigenvalue weighted by atomic mass is 9.90. The number of methoxy groups -OCH3 is 1. The fourth-order valence-corrected chi connectivity index (χ4v) is 5.67. The van der Waals surface area contributed by atoms with Crippen LogP contribution in [0.1, 0.15) is 50.5 Å². The number of ketones is 1. The summed E-state index contributed by atoms with van der Waals surface area (Å²) in [5.41, 5.74) is 4.75. The molecule has 0 aliphatic rings. The second-order valence-corrected chi connectivity index (χ2v) is 12.2. The van der Waals surface area contributed by atoms with Crippen LogP contribution in [0.25, 0.3) is 0 Å². The number of Topliss-reactive ketones (excluding diaryl/α,β-unsaturated/α-hetero) is 1. The van der Waals surface area contributed by atoms with E-state index >= 15 is 0 Å². The molecule has 0 saturated carbocycles. The first-order valence-corrected chi connectivity index (χ1v) is 17.1. The Labute approximate surface area is 304 Å². The van der Waals surface area contributed by atoms with Crippen LogP contribution in [0.2, 0.25) is 0 Å². The minimum absolute atomic E-state index is 0.190. The normalized spacial score (nSPS) is 11.2. The van der Waals surface area contributed by atoms with Crippen molar-refractivity contribution in [3.8, 4) is 23.0 Å². The average molecular weight is 693 g/mol. The molecule has 0 fully saturated rings.